The maximum absolute atomic E-state index is 12.1. The summed E-state index contributed by atoms with van der Waals surface area (Å²) in [5.41, 5.74) is 2.17. The van der Waals surface area contributed by atoms with Crippen LogP contribution in [0.1, 0.15) is 30.9 Å². The predicted molar refractivity (Wildman–Crippen MR) is 80.1 cm³/mol. The summed E-state index contributed by atoms with van der Waals surface area (Å²) in [6.07, 6.45) is 1.00. The zero-order valence-electron chi connectivity index (χ0n) is 12.9. The summed E-state index contributed by atoms with van der Waals surface area (Å²) in [4.78, 5) is 12.1. The minimum atomic E-state index is -0.446. The Balaban J connectivity index is 2.57. The van der Waals surface area contributed by atoms with Gasteiger partial charge in [-0.05, 0) is 43.9 Å². The fourth-order valence-electron chi connectivity index (χ4n) is 1.85. The van der Waals surface area contributed by atoms with Crippen molar-refractivity contribution in [3.05, 3.63) is 29.3 Å². The van der Waals surface area contributed by atoms with Crippen molar-refractivity contribution in [2.75, 3.05) is 20.3 Å². The van der Waals surface area contributed by atoms with Gasteiger partial charge in [0.1, 0.15) is 5.75 Å². The summed E-state index contributed by atoms with van der Waals surface area (Å²) >= 11 is 0. The molecule has 0 saturated carbocycles. The van der Waals surface area contributed by atoms with Crippen LogP contribution in [0.4, 0.5) is 0 Å². The van der Waals surface area contributed by atoms with Crippen molar-refractivity contribution >= 4 is 5.91 Å². The van der Waals surface area contributed by atoms with E-state index in [2.05, 4.69) is 5.32 Å². The lowest BCUT2D eigenvalue weighted by atomic mass is 10.1. The number of hydrogen-bond acceptors (Lipinski definition) is 3. The van der Waals surface area contributed by atoms with Crippen LogP contribution in [-0.2, 0) is 9.53 Å². The molecule has 0 unspecified atom stereocenters. The van der Waals surface area contributed by atoms with Crippen molar-refractivity contribution < 1.29 is 14.3 Å². The van der Waals surface area contributed by atoms with Gasteiger partial charge in [0.05, 0.1) is 0 Å². The van der Waals surface area contributed by atoms with E-state index in [1.165, 1.54) is 0 Å². The number of aryl methyl sites for hydroxylation is 2. The Hall–Kier alpha value is -1.55. The van der Waals surface area contributed by atoms with Crippen LogP contribution in [0.15, 0.2) is 18.2 Å². The second-order valence-electron chi connectivity index (χ2n) is 4.92. The number of benzene rings is 1. The molecule has 112 valence electrons. The lowest BCUT2D eigenvalue weighted by Gasteiger charge is -2.19. The Morgan fingerprint density at radius 2 is 2.10 bits per heavy atom. The van der Waals surface area contributed by atoms with Gasteiger partial charge in [-0.2, -0.15) is 0 Å². The number of nitrogens with one attached hydrogen (secondary N) is 1. The molecule has 0 heterocycles. The van der Waals surface area contributed by atoms with Crippen molar-refractivity contribution in [2.24, 2.45) is 0 Å². The third kappa shape index (κ3) is 5.21. The highest BCUT2D eigenvalue weighted by Crippen LogP contribution is 2.21. The van der Waals surface area contributed by atoms with E-state index in [0.29, 0.717) is 19.6 Å². The minimum Gasteiger partial charge on any atom is -0.480 e. The molecule has 1 N–H and O–H groups in total. The molecule has 0 bridgehead atoms. The number of carbonyl (C=O) groups excluding carboxylic acids is 1. The van der Waals surface area contributed by atoms with E-state index in [1.54, 1.807) is 7.11 Å². The maximum atomic E-state index is 12.1. The molecule has 1 aromatic rings. The van der Waals surface area contributed by atoms with Crippen molar-refractivity contribution in [3.8, 4) is 5.75 Å². The van der Waals surface area contributed by atoms with Crippen LogP contribution < -0.4 is 10.1 Å². The van der Waals surface area contributed by atoms with Gasteiger partial charge < -0.3 is 14.8 Å². The van der Waals surface area contributed by atoms with Crippen LogP contribution >= 0.6 is 0 Å². The maximum Gasteiger partial charge on any atom is 0.261 e. The fraction of sp³-hybridized carbons (Fsp3) is 0.562. The van der Waals surface area contributed by atoms with Gasteiger partial charge in [0, 0.05) is 20.3 Å². The quantitative estimate of drug-likeness (QED) is 0.744. The van der Waals surface area contributed by atoms with Crippen molar-refractivity contribution in [3.63, 3.8) is 0 Å². The Kier molecular flexibility index (Phi) is 7.09. The molecule has 0 fully saturated rings. The van der Waals surface area contributed by atoms with E-state index in [1.807, 2.05) is 39.0 Å². The molecule has 0 aliphatic rings. The van der Waals surface area contributed by atoms with Crippen LogP contribution in [-0.4, -0.2) is 32.3 Å². The Morgan fingerprint density at radius 1 is 1.35 bits per heavy atom. The number of ether oxygens (including phenoxy) is 2. The number of amides is 1. The lowest BCUT2D eigenvalue weighted by Crippen LogP contribution is -2.38. The van der Waals surface area contributed by atoms with Gasteiger partial charge in [-0.25, -0.2) is 0 Å². The first-order valence-electron chi connectivity index (χ1n) is 7.09. The second kappa shape index (κ2) is 8.59. The molecule has 0 aromatic heterocycles. The lowest BCUT2D eigenvalue weighted by molar-refractivity contribution is -0.128. The predicted octanol–water partition coefficient (Wildman–Crippen LogP) is 2.61. The molecule has 1 amide bonds. The van der Waals surface area contributed by atoms with E-state index in [9.17, 15) is 4.79 Å². The molecule has 0 radical (unpaired) electrons. The largest absolute Gasteiger partial charge is 0.480 e. The average Bonchev–Trinajstić information content (AvgIpc) is 2.44. The zero-order chi connectivity index (χ0) is 15.0. The highest BCUT2D eigenvalue weighted by Gasteiger charge is 2.18. The van der Waals surface area contributed by atoms with Gasteiger partial charge in [0.25, 0.3) is 5.91 Å². The molecule has 1 aromatic carbocycles. The summed E-state index contributed by atoms with van der Waals surface area (Å²) in [5.74, 6) is 0.716. The Morgan fingerprint density at radius 3 is 2.75 bits per heavy atom. The van der Waals surface area contributed by atoms with E-state index in [-0.39, 0.29) is 5.91 Å². The number of methoxy groups -OCH3 is 1. The van der Waals surface area contributed by atoms with E-state index in [0.717, 1.165) is 23.3 Å². The van der Waals surface area contributed by atoms with Gasteiger partial charge >= 0.3 is 0 Å². The fourth-order valence-corrected chi connectivity index (χ4v) is 1.85. The van der Waals surface area contributed by atoms with E-state index in [4.69, 9.17) is 9.47 Å². The molecule has 4 heteroatoms. The SMILES string of the molecule is CC[C@H](Oc1cc(C)ccc1C)C(=O)NCCCOC. The highest BCUT2D eigenvalue weighted by molar-refractivity contribution is 5.81. The van der Waals surface area contributed by atoms with Crippen LogP contribution in [0, 0.1) is 13.8 Å². The van der Waals surface area contributed by atoms with Crippen LogP contribution in [0.3, 0.4) is 0 Å². The molecular weight excluding hydrogens is 254 g/mol. The first-order chi connectivity index (χ1) is 9.58. The van der Waals surface area contributed by atoms with Gasteiger partial charge in [-0.15, -0.1) is 0 Å². The molecule has 0 saturated heterocycles. The number of rotatable bonds is 8. The Labute approximate surface area is 121 Å². The molecule has 0 aliphatic heterocycles. The summed E-state index contributed by atoms with van der Waals surface area (Å²) in [5, 5.41) is 2.88. The summed E-state index contributed by atoms with van der Waals surface area (Å²) in [7, 11) is 1.65. The minimum absolute atomic E-state index is 0.0653. The van der Waals surface area contributed by atoms with Gasteiger partial charge in [0.15, 0.2) is 6.10 Å². The van der Waals surface area contributed by atoms with Crippen LogP contribution in [0.5, 0.6) is 5.75 Å². The van der Waals surface area contributed by atoms with Crippen molar-refractivity contribution in [2.45, 2.75) is 39.7 Å². The summed E-state index contributed by atoms with van der Waals surface area (Å²) in [6.45, 7) is 7.20. The molecule has 0 aliphatic carbocycles. The number of hydrogen-bond donors (Lipinski definition) is 1. The molecule has 1 atom stereocenters. The van der Waals surface area contributed by atoms with Gasteiger partial charge in [-0.1, -0.05) is 19.1 Å². The van der Waals surface area contributed by atoms with E-state index >= 15 is 0 Å². The van der Waals surface area contributed by atoms with Crippen molar-refractivity contribution in [1.29, 1.82) is 0 Å². The third-order valence-corrected chi connectivity index (χ3v) is 3.10. The molecule has 4 nitrogen and oxygen atoms in total. The molecule has 1 rings (SSSR count). The topological polar surface area (TPSA) is 47.6 Å². The zero-order valence-corrected chi connectivity index (χ0v) is 12.9. The molecular formula is C16H25NO3. The third-order valence-electron chi connectivity index (χ3n) is 3.10. The standard InChI is InChI=1S/C16H25NO3/c1-5-14(16(18)17-9-6-10-19-4)20-15-11-12(2)7-8-13(15)3/h7-8,11,14H,5-6,9-10H2,1-4H3,(H,17,18)/t14-/m0/s1. The first kappa shape index (κ1) is 16.5. The van der Waals surface area contributed by atoms with Crippen molar-refractivity contribution in [1.82, 2.24) is 5.32 Å². The smallest absolute Gasteiger partial charge is 0.261 e. The summed E-state index contributed by atoms with van der Waals surface area (Å²) < 4.78 is 10.8. The van der Waals surface area contributed by atoms with Crippen LogP contribution in [0.25, 0.3) is 0 Å². The van der Waals surface area contributed by atoms with Gasteiger partial charge in [-0.3, -0.25) is 4.79 Å². The molecule has 0 spiro atoms. The Bertz CT molecular complexity index is 432. The second-order valence-corrected chi connectivity index (χ2v) is 4.92. The van der Waals surface area contributed by atoms with Crippen LogP contribution in [0.2, 0.25) is 0 Å². The average molecular weight is 279 g/mol. The molecule has 20 heavy (non-hydrogen) atoms. The van der Waals surface area contributed by atoms with E-state index < -0.39 is 6.10 Å². The highest BCUT2D eigenvalue weighted by atomic mass is 16.5. The normalized spacial score (nSPS) is 12.0. The number of carbonyl (C=O) groups is 1. The first-order valence-corrected chi connectivity index (χ1v) is 7.09. The monoisotopic (exact) mass is 279 g/mol. The van der Waals surface area contributed by atoms with Gasteiger partial charge in [0.2, 0.25) is 0 Å². The summed E-state index contributed by atoms with van der Waals surface area (Å²) in [6, 6.07) is 6.01.